The number of benzene rings is 1. The van der Waals surface area contributed by atoms with Gasteiger partial charge in [0.05, 0.1) is 18.3 Å². The van der Waals surface area contributed by atoms with Gasteiger partial charge in [-0.15, -0.1) is 11.8 Å². The van der Waals surface area contributed by atoms with Crippen molar-refractivity contribution >= 4 is 56.9 Å². The highest BCUT2D eigenvalue weighted by Gasteiger charge is 2.14. The second-order valence-electron chi connectivity index (χ2n) is 6.40. The summed E-state index contributed by atoms with van der Waals surface area (Å²) >= 11 is 9.78. The molecule has 0 N–H and O–H groups in total. The molecule has 0 aliphatic rings. The molecule has 3 aromatic heterocycles. The Labute approximate surface area is 172 Å². The van der Waals surface area contributed by atoms with Gasteiger partial charge in [0, 0.05) is 39.7 Å². The van der Waals surface area contributed by atoms with Crippen LogP contribution in [0.1, 0.15) is 12.1 Å². The summed E-state index contributed by atoms with van der Waals surface area (Å²) in [6.07, 6.45) is 9.09. The average molecular weight is 417 g/mol. The molecular weight excluding hydrogens is 396 g/mol. The molecule has 1 aromatic carbocycles. The summed E-state index contributed by atoms with van der Waals surface area (Å²) in [5.41, 5.74) is 3.55. The topological polar surface area (TPSA) is 35.6 Å². The van der Waals surface area contributed by atoms with Gasteiger partial charge in [0.2, 0.25) is 0 Å². The number of rotatable bonds is 7. The SMILES string of the molecule is CSCCCn1c(Cn2nc(SC)c3ccncc32)cc2cc(Cl)ccc21. The molecule has 0 aliphatic heterocycles. The highest BCUT2D eigenvalue weighted by atomic mass is 35.5. The number of aryl methyl sites for hydroxylation is 1. The van der Waals surface area contributed by atoms with Gasteiger partial charge in [-0.05, 0) is 55.0 Å². The first-order valence-electron chi connectivity index (χ1n) is 8.82. The number of halogens is 1. The summed E-state index contributed by atoms with van der Waals surface area (Å²) in [7, 11) is 0. The summed E-state index contributed by atoms with van der Waals surface area (Å²) in [6, 6.07) is 10.4. The van der Waals surface area contributed by atoms with Gasteiger partial charge in [0.1, 0.15) is 5.03 Å². The first-order valence-corrected chi connectivity index (χ1v) is 11.8. The third-order valence-electron chi connectivity index (χ3n) is 4.70. The predicted octanol–water partition coefficient (Wildman–Crippen LogP) is 5.56. The Morgan fingerprint density at radius 2 is 2.00 bits per heavy atom. The van der Waals surface area contributed by atoms with E-state index < -0.39 is 0 Å². The van der Waals surface area contributed by atoms with E-state index in [2.05, 4.69) is 38.9 Å². The van der Waals surface area contributed by atoms with Crippen molar-refractivity contribution < 1.29 is 0 Å². The number of hydrogen-bond acceptors (Lipinski definition) is 4. The Balaban J connectivity index is 1.78. The maximum Gasteiger partial charge on any atom is 0.126 e. The predicted molar refractivity (Wildman–Crippen MR) is 118 cm³/mol. The van der Waals surface area contributed by atoms with Gasteiger partial charge in [0.25, 0.3) is 0 Å². The van der Waals surface area contributed by atoms with Crippen LogP contribution in [0.5, 0.6) is 0 Å². The van der Waals surface area contributed by atoms with E-state index in [1.54, 1.807) is 11.8 Å². The molecule has 140 valence electrons. The fourth-order valence-electron chi connectivity index (χ4n) is 3.48. The van der Waals surface area contributed by atoms with Crippen molar-refractivity contribution in [2.24, 2.45) is 0 Å². The smallest absolute Gasteiger partial charge is 0.126 e. The standard InChI is InChI=1S/C20H21ClN4S2/c1-26-9-3-8-24-16(11-14-10-15(21)4-5-18(14)24)13-25-19-12-22-7-6-17(19)20(23-25)27-2/h4-7,10-12H,3,8-9,13H2,1-2H3. The molecule has 0 saturated heterocycles. The van der Waals surface area contributed by atoms with E-state index in [-0.39, 0.29) is 0 Å². The van der Waals surface area contributed by atoms with Crippen LogP contribution in [-0.2, 0) is 13.1 Å². The van der Waals surface area contributed by atoms with E-state index in [9.17, 15) is 0 Å². The second kappa shape index (κ2) is 8.17. The number of aromatic nitrogens is 4. The van der Waals surface area contributed by atoms with Crippen LogP contribution < -0.4 is 0 Å². The van der Waals surface area contributed by atoms with E-state index in [1.807, 2.05) is 42.4 Å². The quantitative estimate of drug-likeness (QED) is 0.291. The lowest BCUT2D eigenvalue weighted by Gasteiger charge is -2.11. The Morgan fingerprint density at radius 3 is 2.81 bits per heavy atom. The lowest BCUT2D eigenvalue weighted by molar-refractivity contribution is 0.612. The van der Waals surface area contributed by atoms with Crippen molar-refractivity contribution in [1.29, 1.82) is 0 Å². The molecule has 0 bridgehead atoms. The van der Waals surface area contributed by atoms with E-state index in [1.165, 1.54) is 16.6 Å². The minimum Gasteiger partial charge on any atom is -0.343 e. The van der Waals surface area contributed by atoms with Crippen molar-refractivity contribution in [1.82, 2.24) is 19.3 Å². The van der Waals surface area contributed by atoms with Gasteiger partial charge in [0.15, 0.2) is 0 Å². The Hall–Kier alpha value is -1.63. The number of nitrogens with zero attached hydrogens (tertiary/aromatic N) is 4. The largest absolute Gasteiger partial charge is 0.343 e. The molecule has 4 aromatic rings. The van der Waals surface area contributed by atoms with E-state index in [0.717, 1.165) is 39.7 Å². The zero-order chi connectivity index (χ0) is 18.8. The van der Waals surface area contributed by atoms with Crippen molar-refractivity contribution in [2.75, 3.05) is 18.3 Å². The summed E-state index contributed by atoms with van der Waals surface area (Å²) in [6.45, 7) is 1.71. The lowest BCUT2D eigenvalue weighted by Crippen LogP contribution is -2.09. The molecule has 0 saturated carbocycles. The van der Waals surface area contributed by atoms with Gasteiger partial charge in [-0.25, -0.2) is 0 Å². The van der Waals surface area contributed by atoms with Crippen molar-refractivity contribution in [3.63, 3.8) is 0 Å². The lowest BCUT2D eigenvalue weighted by atomic mass is 10.2. The van der Waals surface area contributed by atoms with E-state index in [0.29, 0.717) is 6.54 Å². The molecule has 27 heavy (non-hydrogen) atoms. The molecule has 0 unspecified atom stereocenters. The second-order valence-corrected chi connectivity index (χ2v) is 8.61. The third kappa shape index (κ3) is 3.71. The molecule has 0 fully saturated rings. The van der Waals surface area contributed by atoms with Gasteiger partial charge in [-0.2, -0.15) is 16.9 Å². The molecule has 3 heterocycles. The molecule has 0 spiro atoms. The van der Waals surface area contributed by atoms with Crippen LogP contribution in [0, 0.1) is 0 Å². The van der Waals surface area contributed by atoms with Gasteiger partial charge in [-0.3, -0.25) is 9.67 Å². The molecular formula is C20H21ClN4S2. The van der Waals surface area contributed by atoms with Crippen molar-refractivity contribution in [2.45, 2.75) is 24.5 Å². The van der Waals surface area contributed by atoms with Crippen LogP contribution >= 0.6 is 35.1 Å². The minimum atomic E-state index is 0.717. The van der Waals surface area contributed by atoms with Crippen LogP contribution in [0.3, 0.4) is 0 Å². The third-order valence-corrected chi connectivity index (χ3v) is 6.32. The highest BCUT2D eigenvalue weighted by molar-refractivity contribution is 7.98. The first-order chi connectivity index (χ1) is 13.2. The Morgan fingerprint density at radius 1 is 1.11 bits per heavy atom. The Kier molecular flexibility index (Phi) is 5.66. The number of hydrogen-bond donors (Lipinski definition) is 0. The van der Waals surface area contributed by atoms with Gasteiger partial charge in [-0.1, -0.05) is 11.6 Å². The number of fused-ring (bicyclic) bond motifs is 2. The van der Waals surface area contributed by atoms with Crippen LogP contribution in [0.4, 0.5) is 0 Å². The molecule has 7 heteroatoms. The molecule has 0 amide bonds. The fraction of sp³-hybridized carbons (Fsp3) is 0.300. The monoisotopic (exact) mass is 416 g/mol. The van der Waals surface area contributed by atoms with E-state index >= 15 is 0 Å². The number of thioether (sulfide) groups is 2. The summed E-state index contributed by atoms with van der Waals surface area (Å²) < 4.78 is 4.47. The minimum absolute atomic E-state index is 0.717. The van der Waals surface area contributed by atoms with Crippen molar-refractivity contribution in [3.8, 4) is 0 Å². The summed E-state index contributed by atoms with van der Waals surface area (Å²) in [5, 5.41) is 8.98. The van der Waals surface area contributed by atoms with Crippen LogP contribution in [0.15, 0.2) is 47.8 Å². The zero-order valence-corrected chi connectivity index (χ0v) is 17.7. The zero-order valence-electron chi connectivity index (χ0n) is 15.4. The van der Waals surface area contributed by atoms with Crippen LogP contribution in [-0.4, -0.2) is 37.6 Å². The molecule has 4 rings (SSSR count). The molecule has 0 radical (unpaired) electrons. The molecule has 0 atom stereocenters. The fourth-order valence-corrected chi connectivity index (χ4v) is 4.65. The van der Waals surface area contributed by atoms with Crippen molar-refractivity contribution in [3.05, 3.63) is 53.4 Å². The Bertz CT molecular complexity index is 1090. The number of pyridine rings is 1. The maximum atomic E-state index is 6.23. The van der Waals surface area contributed by atoms with Crippen LogP contribution in [0.25, 0.3) is 21.8 Å². The normalized spacial score (nSPS) is 11.7. The first kappa shape index (κ1) is 18.7. The summed E-state index contributed by atoms with van der Waals surface area (Å²) in [5.74, 6) is 1.15. The van der Waals surface area contributed by atoms with Gasteiger partial charge >= 0.3 is 0 Å². The molecule has 4 nitrogen and oxygen atoms in total. The van der Waals surface area contributed by atoms with Gasteiger partial charge < -0.3 is 4.57 Å². The van der Waals surface area contributed by atoms with Crippen LogP contribution in [0.2, 0.25) is 5.02 Å². The highest BCUT2D eigenvalue weighted by Crippen LogP contribution is 2.28. The molecule has 0 aliphatic carbocycles. The summed E-state index contributed by atoms with van der Waals surface area (Å²) in [4.78, 5) is 4.30. The average Bonchev–Trinajstić information content (AvgIpc) is 3.20. The maximum absolute atomic E-state index is 6.23. The van der Waals surface area contributed by atoms with E-state index in [4.69, 9.17) is 16.7 Å².